The number of nitrogens with zero attached hydrogens (tertiary/aromatic N) is 2. The highest BCUT2D eigenvalue weighted by atomic mass is 16.5. The number of methoxy groups -OCH3 is 2. The zero-order valence-electron chi connectivity index (χ0n) is 20.1. The van der Waals surface area contributed by atoms with Gasteiger partial charge in [-0.25, -0.2) is 9.78 Å². The number of ether oxygens (including phenoxy) is 2. The first-order valence-electron chi connectivity index (χ1n) is 11.7. The van der Waals surface area contributed by atoms with E-state index in [1.54, 1.807) is 30.3 Å². The molecule has 184 valence electrons. The van der Waals surface area contributed by atoms with Gasteiger partial charge < -0.3 is 25.1 Å². The lowest BCUT2D eigenvalue weighted by Gasteiger charge is -2.23. The summed E-state index contributed by atoms with van der Waals surface area (Å²) in [6.07, 6.45) is 4.24. The highest BCUT2D eigenvalue weighted by Crippen LogP contribution is 2.36. The van der Waals surface area contributed by atoms with Crippen molar-refractivity contribution >= 4 is 28.7 Å². The number of carbonyl (C=O) groups excluding carboxylic acids is 2. The van der Waals surface area contributed by atoms with E-state index in [1.165, 1.54) is 7.11 Å². The van der Waals surface area contributed by atoms with Crippen molar-refractivity contribution in [2.24, 2.45) is 5.73 Å². The molecule has 0 saturated carbocycles. The van der Waals surface area contributed by atoms with E-state index in [0.717, 1.165) is 51.9 Å². The Morgan fingerprint density at radius 2 is 1.94 bits per heavy atom. The largest absolute Gasteiger partial charge is 0.496 e. The molecule has 4 N–H and O–H groups in total. The number of rotatable bonds is 5. The zero-order chi connectivity index (χ0) is 25.2. The molecule has 1 aliphatic heterocycles. The number of nitrogens with one attached hydrogen (secondary N) is 2. The average molecular weight is 486 g/mol. The zero-order valence-corrected chi connectivity index (χ0v) is 20.1. The number of amides is 2. The van der Waals surface area contributed by atoms with Gasteiger partial charge in [0.2, 0.25) is 0 Å². The van der Waals surface area contributed by atoms with Gasteiger partial charge in [0.15, 0.2) is 0 Å². The van der Waals surface area contributed by atoms with Crippen molar-refractivity contribution < 1.29 is 19.1 Å². The number of aromatic nitrogens is 2. The second-order valence-electron chi connectivity index (χ2n) is 8.61. The van der Waals surface area contributed by atoms with Crippen molar-refractivity contribution in [3.63, 3.8) is 0 Å². The summed E-state index contributed by atoms with van der Waals surface area (Å²) in [7, 11) is 2.92. The first-order chi connectivity index (χ1) is 17.5. The van der Waals surface area contributed by atoms with Gasteiger partial charge in [0, 0.05) is 41.0 Å². The molecule has 1 atom stereocenters. The molecule has 0 aliphatic carbocycles. The van der Waals surface area contributed by atoms with Crippen molar-refractivity contribution in [1.82, 2.24) is 14.9 Å². The summed E-state index contributed by atoms with van der Waals surface area (Å²) in [4.78, 5) is 34.8. The van der Waals surface area contributed by atoms with E-state index in [2.05, 4.69) is 15.3 Å². The number of pyridine rings is 1. The molecule has 1 unspecified atom stereocenters. The number of likely N-dealkylation sites (tertiary alicyclic amines) is 1. The van der Waals surface area contributed by atoms with Crippen LogP contribution in [0, 0.1) is 0 Å². The van der Waals surface area contributed by atoms with E-state index in [1.807, 2.05) is 42.6 Å². The van der Waals surface area contributed by atoms with Gasteiger partial charge in [-0.2, -0.15) is 0 Å². The Labute approximate surface area is 208 Å². The molecule has 1 fully saturated rings. The highest BCUT2D eigenvalue weighted by Gasteiger charge is 2.29. The fourth-order valence-electron chi connectivity index (χ4n) is 4.62. The van der Waals surface area contributed by atoms with Gasteiger partial charge in [-0.1, -0.05) is 24.3 Å². The molecular weight excluding hydrogens is 458 g/mol. The Hall–Kier alpha value is -4.37. The summed E-state index contributed by atoms with van der Waals surface area (Å²) in [6.45, 7) is 0.570. The third kappa shape index (κ3) is 4.25. The van der Waals surface area contributed by atoms with E-state index in [0.29, 0.717) is 17.8 Å². The van der Waals surface area contributed by atoms with E-state index < -0.39 is 6.09 Å². The minimum absolute atomic E-state index is 0.237. The maximum absolute atomic E-state index is 13.4. The topological polar surface area (TPSA) is 123 Å². The summed E-state index contributed by atoms with van der Waals surface area (Å²) in [6, 6.07) is 15.1. The number of nitrogens with two attached hydrogens (primary N) is 1. The molecule has 36 heavy (non-hydrogen) atoms. The Morgan fingerprint density at radius 1 is 1.11 bits per heavy atom. The summed E-state index contributed by atoms with van der Waals surface area (Å²) in [5.74, 6) is 0.524. The van der Waals surface area contributed by atoms with Gasteiger partial charge >= 0.3 is 6.09 Å². The number of fused-ring (bicyclic) bond motifs is 1. The SMILES string of the molecule is COC(=O)Nc1ccc(-c2cnc3[nH]cc(-c4ccccc4OC)c3c2)cc1C(=O)N1CCCC1N. The molecule has 2 aromatic carbocycles. The van der Waals surface area contributed by atoms with Crippen molar-refractivity contribution in [3.8, 4) is 28.0 Å². The smallest absolute Gasteiger partial charge is 0.411 e. The molecule has 0 bridgehead atoms. The molecule has 9 heteroatoms. The fourth-order valence-corrected chi connectivity index (χ4v) is 4.62. The predicted octanol–water partition coefficient (Wildman–Crippen LogP) is 4.60. The second-order valence-corrected chi connectivity index (χ2v) is 8.61. The lowest BCUT2D eigenvalue weighted by molar-refractivity contribution is 0.0741. The van der Waals surface area contributed by atoms with Crippen molar-refractivity contribution in [3.05, 3.63) is 66.5 Å². The number of para-hydroxylation sites is 1. The Morgan fingerprint density at radius 3 is 2.69 bits per heavy atom. The number of hydrogen-bond acceptors (Lipinski definition) is 6. The van der Waals surface area contributed by atoms with Gasteiger partial charge in [-0.05, 0) is 42.7 Å². The van der Waals surface area contributed by atoms with Crippen LogP contribution in [0.5, 0.6) is 5.75 Å². The number of hydrogen-bond donors (Lipinski definition) is 3. The standard InChI is InChI=1S/C27H27N5O4/c1-35-23-7-4-3-6-18(23)21-15-30-25-19(21)13-17(14-29-25)16-9-10-22(31-27(34)36-2)20(12-16)26(33)32-11-5-8-24(32)28/h3-4,6-7,9-10,12-15,24H,5,8,11,28H2,1-2H3,(H,29,30)(H,31,34). The molecule has 3 heterocycles. The molecule has 2 aromatic heterocycles. The van der Waals surface area contributed by atoms with Gasteiger partial charge in [0.25, 0.3) is 5.91 Å². The van der Waals surface area contributed by atoms with Crippen LogP contribution in [0.4, 0.5) is 10.5 Å². The van der Waals surface area contributed by atoms with Crippen LogP contribution >= 0.6 is 0 Å². The van der Waals surface area contributed by atoms with Crippen molar-refractivity contribution in [2.45, 2.75) is 19.0 Å². The molecule has 1 saturated heterocycles. The Bertz CT molecular complexity index is 1450. The number of anilines is 1. The van der Waals surface area contributed by atoms with Crippen LogP contribution in [0.25, 0.3) is 33.3 Å². The van der Waals surface area contributed by atoms with E-state index in [-0.39, 0.29) is 12.1 Å². The maximum Gasteiger partial charge on any atom is 0.411 e. The average Bonchev–Trinajstić information content (AvgIpc) is 3.54. The summed E-state index contributed by atoms with van der Waals surface area (Å²) < 4.78 is 10.3. The number of benzene rings is 2. The van der Waals surface area contributed by atoms with Gasteiger partial charge in [0.1, 0.15) is 11.4 Å². The fraction of sp³-hybridized carbons (Fsp3) is 0.222. The van der Waals surface area contributed by atoms with E-state index in [9.17, 15) is 9.59 Å². The highest BCUT2D eigenvalue weighted by molar-refractivity contribution is 6.04. The Balaban J connectivity index is 1.59. The number of H-pyrrole nitrogens is 1. The maximum atomic E-state index is 13.4. The van der Waals surface area contributed by atoms with Crippen LogP contribution < -0.4 is 15.8 Å². The summed E-state index contributed by atoms with van der Waals surface area (Å²) >= 11 is 0. The molecule has 5 rings (SSSR count). The minimum atomic E-state index is -0.653. The van der Waals surface area contributed by atoms with Crippen LogP contribution in [0.1, 0.15) is 23.2 Å². The monoisotopic (exact) mass is 485 g/mol. The first-order valence-corrected chi connectivity index (χ1v) is 11.7. The molecule has 4 aromatic rings. The van der Waals surface area contributed by atoms with Gasteiger partial charge in [0.05, 0.1) is 31.6 Å². The van der Waals surface area contributed by atoms with E-state index in [4.69, 9.17) is 15.2 Å². The third-order valence-corrected chi connectivity index (χ3v) is 6.49. The van der Waals surface area contributed by atoms with Gasteiger partial charge in [-0.15, -0.1) is 0 Å². The van der Waals surface area contributed by atoms with Crippen molar-refractivity contribution in [2.75, 3.05) is 26.1 Å². The van der Waals surface area contributed by atoms with Crippen molar-refractivity contribution in [1.29, 1.82) is 0 Å². The second kappa shape index (κ2) is 9.71. The van der Waals surface area contributed by atoms with Crippen LogP contribution in [0.2, 0.25) is 0 Å². The van der Waals surface area contributed by atoms with Crippen LogP contribution in [-0.2, 0) is 4.74 Å². The summed E-state index contributed by atoms with van der Waals surface area (Å²) in [5.41, 5.74) is 11.1. The molecule has 2 amide bonds. The normalized spacial score (nSPS) is 15.2. The number of aromatic amines is 1. The third-order valence-electron chi connectivity index (χ3n) is 6.49. The van der Waals surface area contributed by atoms with E-state index >= 15 is 0 Å². The lowest BCUT2D eigenvalue weighted by atomic mass is 9.99. The molecule has 0 radical (unpaired) electrons. The Kier molecular flexibility index (Phi) is 6.30. The predicted molar refractivity (Wildman–Crippen MR) is 138 cm³/mol. The minimum Gasteiger partial charge on any atom is -0.496 e. The molecule has 9 nitrogen and oxygen atoms in total. The van der Waals surface area contributed by atoms with Crippen LogP contribution in [0.3, 0.4) is 0 Å². The summed E-state index contributed by atoms with van der Waals surface area (Å²) in [5, 5.41) is 3.56. The van der Waals surface area contributed by atoms with Gasteiger partial charge in [-0.3, -0.25) is 10.1 Å². The van der Waals surface area contributed by atoms with Crippen LogP contribution in [0.15, 0.2) is 60.9 Å². The molecule has 1 aliphatic rings. The number of carbonyl (C=O) groups is 2. The quantitative estimate of drug-likeness (QED) is 0.380. The molecular formula is C27H27N5O4. The first kappa shape index (κ1) is 23.4. The van der Waals surface area contributed by atoms with Crippen LogP contribution in [-0.4, -0.2) is 53.8 Å². The lowest BCUT2D eigenvalue weighted by Crippen LogP contribution is -2.41. The molecule has 0 spiro atoms.